The number of fused-ring (bicyclic) bond motifs is 1. The molecule has 0 aliphatic rings. The number of aromatic amines is 1. The smallest absolute Gasteiger partial charge is 0.139 e. The Morgan fingerprint density at radius 2 is 2.25 bits per heavy atom. The molecule has 1 unspecified atom stereocenters. The van der Waals surface area contributed by atoms with E-state index in [1.54, 1.807) is 6.07 Å². The van der Waals surface area contributed by atoms with Gasteiger partial charge in [-0.3, -0.25) is 0 Å². The SMILES string of the molecule is CCC(C)Cc1nc2cc(Br)c(F)cc2[nH]1. The van der Waals surface area contributed by atoms with Crippen LogP contribution < -0.4 is 0 Å². The number of rotatable bonds is 3. The molecule has 0 radical (unpaired) electrons. The van der Waals surface area contributed by atoms with Crippen molar-refractivity contribution in [3.8, 4) is 0 Å². The molecule has 2 rings (SSSR count). The maximum absolute atomic E-state index is 13.3. The number of hydrogen-bond donors (Lipinski definition) is 1. The third-order valence-corrected chi connectivity index (χ3v) is 3.42. The highest BCUT2D eigenvalue weighted by molar-refractivity contribution is 9.10. The molecule has 0 aliphatic carbocycles. The van der Waals surface area contributed by atoms with Gasteiger partial charge < -0.3 is 4.98 Å². The van der Waals surface area contributed by atoms with Crippen molar-refractivity contribution in [3.63, 3.8) is 0 Å². The van der Waals surface area contributed by atoms with Crippen LogP contribution in [0.2, 0.25) is 0 Å². The molecular weight excluding hydrogens is 271 g/mol. The molecule has 0 aliphatic heterocycles. The fourth-order valence-electron chi connectivity index (χ4n) is 1.63. The summed E-state index contributed by atoms with van der Waals surface area (Å²) in [6.45, 7) is 4.34. The quantitative estimate of drug-likeness (QED) is 0.905. The van der Waals surface area contributed by atoms with Gasteiger partial charge in [-0.1, -0.05) is 20.3 Å². The van der Waals surface area contributed by atoms with E-state index in [2.05, 4.69) is 39.7 Å². The van der Waals surface area contributed by atoms with Gasteiger partial charge in [0.05, 0.1) is 15.5 Å². The van der Waals surface area contributed by atoms with E-state index in [0.717, 1.165) is 29.7 Å². The highest BCUT2D eigenvalue weighted by atomic mass is 79.9. The maximum Gasteiger partial charge on any atom is 0.139 e. The van der Waals surface area contributed by atoms with Gasteiger partial charge in [0.15, 0.2) is 0 Å². The van der Waals surface area contributed by atoms with Gasteiger partial charge in [-0.15, -0.1) is 0 Å². The number of nitrogens with zero attached hydrogens (tertiary/aromatic N) is 1. The molecular formula is C12H14BrFN2. The zero-order valence-corrected chi connectivity index (χ0v) is 10.9. The van der Waals surface area contributed by atoms with Crippen LogP contribution >= 0.6 is 15.9 Å². The third kappa shape index (κ3) is 2.26. The fourth-order valence-corrected chi connectivity index (χ4v) is 1.96. The van der Waals surface area contributed by atoms with Crippen molar-refractivity contribution in [1.29, 1.82) is 0 Å². The van der Waals surface area contributed by atoms with Crippen molar-refractivity contribution in [2.75, 3.05) is 0 Å². The molecule has 86 valence electrons. The Labute approximate surface area is 102 Å². The molecule has 2 aromatic rings. The zero-order chi connectivity index (χ0) is 11.7. The summed E-state index contributed by atoms with van der Waals surface area (Å²) in [6, 6.07) is 3.19. The number of imidazole rings is 1. The Morgan fingerprint density at radius 3 is 2.94 bits per heavy atom. The Kier molecular flexibility index (Phi) is 3.28. The van der Waals surface area contributed by atoms with Crippen LogP contribution in [0.5, 0.6) is 0 Å². The number of hydrogen-bond acceptors (Lipinski definition) is 1. The largest absolute Gasteiger partial charge is 0.342 e. The number of halogens is 2. The first-order chi connectivity index (χ1) is 7.60. The lowest BCUT2D eigenvalue weighted by atomic mass is 10.1. The lowest BCUT2D eigenvalue weighted by molar-refractivity contribution is 0.547. The summed E-state index contributed by atoms with van der Waals surface area (Å²) in [5.41, 5.74) is 1.57. The molecule has 1 heterocycles. The van der Waals surface area contributed by atoms with E-state index in [4.69, 9.17) is 0 Å². The summed E-state index contributed by atoms with van der Waals surface area (Å²) in [6.07, 6.45) is 2.03. The molecule has 16 heavy (non-hydrogen) atoms. The molecule has 1 aromatic heterocycles. The Balaban J connectivity index is 2.36. The Bertz CT molecular complexity index is 468. The fraction of sp³-hybridized carbons (Fsp3) is 0.417. The van der Waals surface area contributed by atoms with Crippen LogP contribution in [-0.4, -0.2) is 9.97 Å². The molecule has 1 N–H and O–H groups in total. The van der Waals surface area contributed by atoms with Crippen LogP contribution in [0, 0.1) is 11.7 Å². The molecule has 0 fully saturated rings. The number of H-pyrrole nitrogens is 1. The highest BCUT2D eigenvalue weighted by Gasteiger charge is 2.09. The van der Waals surface area contributed by atoms with Gasteiger partial charge >= 0.3 is 0 Å². The van der Waals surface area contributed by atoms with Crippen LogP contribution in [0.3, 0.4) is 0 Å². The summed E-state index contributed by atoms with van der Waals surface area (Å²) in [4.78, 5) is 7.61. The molecule has 1 aromatic carbocycles. The van der Waals surface area contributed by atoms with E-state index in [1.165, 1.54) is 6.07 Å². The number of aromatic nitrogens is 2. The van der Waals surface area contributed by atoms with Gasteiger partial charge in [-0.2, -0.15) is 0 Å². The average Bonchev–Trinajstić information content (AvgIpc) is 2.60. The summed E-state index contributed by atoms with van der Waals surface area (Å²) in [5, 5.41) is 0. The molecule has 0 bridgehead atoms. The van der Waals surface area contributed by atoms with Crippen LogP contribution in [-0.2, 0) is 6.42 Å². The monoisotopic (exact) mass is 284 g/mol. The van der Waals surface area contributed by atoms with E-state index in [-0.39, 0.29) is 5.82 Å². The first kappa shape index (κ1) is 11.6. The summed E-state index contributed by atoms with van der Waals surface area (Å²) in [5.74, 6) is 1.27. The zero-order valence-electron chi connectivity index (χ0n) is 9.35. The van der Waals surface area contributed by atoms with E-state index >= 15 is 0 Å². The van der Waals surface area contributed by atoms with Crippen LogP contribution in [0.1, 0.15) is 26.1 Å². The molecule has 0 amide bonds. The summed E-state index contributed by atoms with van der Waals surface area (Å²) >= 11 is 3.16. The highest BCUT2D eigenvalue weighted by Crippen LogP contribution is 2.22. The van der Waals surface area contributed by atoms with Gasteiger partial charge in [-0.25, -0.2) is 9.37 Å². The summed E-state index contributed by atoms with van der Waals surface area (Å²) in [7, 11) is 0. The normalized spacial score (nSPS) is 13.2. The first-order valence-corrected chi connectivity index (χ1v) is 6.23. The predicted molar refractivity (Wildman–Crippen MR) is 66.9 cm³/mol. The molecule has 0 saturated carbocycles. The van der Waals surface area contributed by atoms with Crippen molar-refractivity contribution >= 4 is 27.0 Å². The molecule has 2 nitrogen and oxygen atoms in total. The predicted octanol–water partition coefficient (Wildman–Crippen LogP) is 4.05. The van der Waals surface area contributed by atoms with Crippen molar-refractivity contribution in [2.24, 2.45) is 5.92 Å². The Morgan fingerprint density at radius 1 is 1.50 bits per heavy atom. The van der Waals surface area contributed by atoms with E-state index < -0.39 is 0 Å². The van der Waals surface area contributed by atoms with Crippen molar-refractivity contribution < 1.29 is 4.39 Å². The second kappa shape index (κ2) is 4.53. The van der Waals surface area contributed by atoms with Gasteiger partial charge in [0, 0.05) is 12.5 Å². The second-order valence-corrected chi connectivity index (χ2v) is 5.04. The number of nitrogens with one attached hydrogen (secondary N) is 1. The topological polar surface area (TPSA) is 28.7 Å². The molecule has 1 atom stereocenters. The lowest BCUT2D eigenvalue weighted by Gasteiger charge is -2.03. The Hall–Kier alpha value is -0.900. The second-order valence-electron chi connectivity index (χ2n) is 4.18. The molecule has 0 saturated heterocycles. The van der Waals surface area contributed by atoms with Crippen molar-refractivity contribution in [3.05, 3.63) is 28.2 Å². The van der Waals surface area contributed by atoms with Crippen molar-refractivity contribution in [1.82, 2.24) is 9.97 Å². The van der Waals surface area contributed by atoms with E-state index in [1.807, 2.05) is 0 Å². The first-order valence-electron chi connectivity index (χ1n) is 5.43. The van der Waals surface area contributed by atoms with Gasteiger partial charge in [0.1, 0.15) is 11.6 Å². The van der Waals surface area contributed by atoms with Crippen LogP contribution in [0.4, 0.5) is 4.39 Å². The minimum absolute atomic E-state index is 0.258. The lowest BCUT2D eigenvalue weighted by Crippen LogP contribution is -1.99. The van der Waals surface area contributed by atoms with E-state index in [9.17, 15) is 4.39 Å². The molecule has 0 spiro atoms. The van der Waals surface area contributed by atoms with Crippen molar-refractivity contribution in [2.45, 2.75) is 26.7 Å². The van der Waals surface area contributed by atoms with Gasteiger partial charge in [-0.05, 0) is 27.9 Å². The average molecular weight is 285 g/mol. The maximum atomic E-state index is 13.3. The molecule has 4 heteroatoms. The summed E-state index contributed by atoms with van der Waals surface area (Å²) < 4.78 is 13.8. The number of benzene rings is 1. The van der Waals surface area contributed by atoms with Gasteiger partial charge in [0.25, 0.3) is 0 Å². The van der Waals surface area contributed by atoms with Crippen LogP contribution in [0.15, 0.2) is 16.6 Å². The van der Waals surface area contributed by atoms with E-state index in [0.29, 0.717) is 10.4 Å². The minimum Gasteiger partial charge on any atom is -0.342 e. The standard InChI is InChI=1S/C12H14BrFN2/c1-3-7(2)4-12-15-10-5-8(13)9(14)6-11(10)16-12/h5-7H,3-4H2,1-2H3,(H,15,16). The third-order valence-electron chi connectivity index (χ3n) is 2.81. The minimum atomic E-state index is -0.258. The van der Waals surface area contributed by atoms with Crippen LogP contribution in [0.25, 0.3) is 11.0 Å². The van der Waals surface area contributed by atoms with Gasteiger partial charge in [0.2, 0.25) is 0 Å².